The fourth-order valence-electron chi connectivity index (χ4n) is 5.67. The Morgan fingerprint density at radius 2 is 1.62 bits per heavy atom. The average Bonchev–Trinajstić information content (AvgIpc) is 3.03. The third-order valence-electron chi connectivity index (χ3n) is 8.38. The Labute approximate surface area is 268 Å². The fourth-order valence-corrected chi connectivity index (χ4v) is 7.65. The van der Waals surface area contributed by atoms with Gasteiger partial charge in [-0.15, -0.1) is 0 Å². The van der Waals surface area contributed by atoms with Crippen LogP contribution in [0.25, 0.3) is 10.4 Å². The third kappa shape index (κ3) is 9.91. The molecule has 0 bridgehead atoms. The summed E-state index contributed by atoms with van der Waals surface area (Å²) in [6.45, 7) is 9.36. The summed E-state index contributed by atoms with van der Waals surface area (Å²) in [5, 5.41) is 4.05. The van der Waals surface area contributed by atoms with Gasteiger partial charge in [0.2, 0.25) is 0 Å². The van der Waals surface area contributed by atoms with Crippen LogP contribution in [0.4, 0.5) is 0 Å². The van der Waals surface area contributed by atoms with Gasteiger partial charge in [-0.3, -0.25) is 0 Å². The zero-order chi connectivity index (χ0) is 32.4. The van der Waals surface area contributed by atoms with Crippen molar-refractivity contribution in [3.05, 3.63) is 82.2 Å². The summed E-state index contributed by atoms with van der Waals surface area (Å²) in [6, 6.07) is 18.1. The molecule has 0 spiro atoms. The summed E-state index contributed by atoms with van der Waals surface area (Å²) < 4.78 is 70.2. The summed E-state index contributed by atoms with van der Waals surface area (Å²) in [4.78, 5) is 3.07. The standard InChI is InChI=1S/C29H40B2N4O8PS/c1-18-20(3)41-21(4)27(26(18)39-16-23-13-9-6-10-14-23)43-29-25(34-35-32)28(44-31-30-36)19(2)24(42-29)17-40-45(37,38)33-15-22-11-7-5-8-12-22/h5-14,18-21,24-29,33,44H,15-17H2,1-4H3/t18?,19-,20+,21?,24?,25?,26+,27?,28+,29-/m1/s1. The first-order valence-corrected chi connectivity index (χ1v) is 17.6. The topological polar surface area (TPSA) is 158 Å². The van der Waals surface area contributed by atoms with Crippen molar-refractivity contribution in [2.45, 2.75) is 89.4 Å². The predicted octanol–water partition coefficient (Wildman–Crippen LogP) is 4.12. The van der Waals surface area contributed by atoms with Gasteiger partial charge < -0.3 is 0 Å². The SMILES string of the molecule is CC1O[C@@H](C)C(C)[C@H](OCc2ccccc2)C1O[C@H]1OC(COS(=O)(=O)NCc2ccccc2)[C@@H](C)[C@H](P[B]B=O)C1N=[N+]=[N-]. The van der Waals surface area contributed by atoms with Gasteiger partial charge in [0.15, 0.2) is 0 Å². The molecular formula is C29H40B2N4O8PS. The van der Waals surface area contributed by atoms with Crippen LogP contribution in [0.5, 0.6) is 0 Å². The van der Waals surface area contributed by atoms with Gasteiger partial charge in [0.1, 0.15) is 0 Å². The zero-order valence-electron chi connectivity index (χ0n) is 25.8. The minimum atomic E-state index is -4.12. The van der Waals surface area contributed by atoms with Gasteiger partial charge in [0, 0.05) is 0 Å². The van der Waals surface area contributed by atoms with Crippen LogP contribution in [0.15, 0.2) is 65.8 Å². The number of hydrogen-bond acceptors (Lipinski definition) is 9. The van der Waals surface area contributed by atoms with Crippen LogP contribution in [0.2, 0.25) is 0 Å². The van der Waals surface area contributed by atoms with Gasteiger partial charge in [-0.2, -0.15) is 0 Å². The monoisotopic (exact) mass is 657 g/mol. The molecule has 2 aliphatic heterocycles. The van der Waals surface area contributed by atoms with E-state index in [9.17, 15) is 18.7 Å². The number of nitrogens with one attached hydrogen (secondary N) is 1. The number of ether oxygens (including phenoxy) is 4. The summed E-state index contributed by atoms with van der Waals surface area (Å²) in [5.74, 6) is -0.389. The fraction of sp³-hybridized carbons (Fsp3) is 0.586. The van der Waals surface area contributed by atoms with Crippen LogP contribution in [0.1, 0.15) is 38.8 Å². The second-order valence-corrected chi connectivity index (χ2v) is 14.2. The quantitative estimate of drug-likeness (QED) is 0.0986. The van der Waals surface area contributed by atoms with Crippen molar-refractivity contribution in [2.75, 3.05) is 6.61 Å². The van der Waals surface area contributed by atoms with Crippen LogP contribution in [-0.2, 0) is 51.3 Å². The molecule has 1 N–H and O–H groups in total. The molecule has 2 heterocycles. The van der Waals surface area contributed by atoms with Crippen molar-refractivity contribution in [3.63, 3.8) is 0 Å². The Morgan fingerprint density at radius 3 is 2.27 bits per heavy atom. The molecule has 12 nitrogen and oxygen atoms in total. The molecule has 0 aliphatic carbocycles. The third-order valence-corrected chi connectivity index (χ3v) is 10.9. The van der Waals surface area contributed by atoms with E-state index in [2.05, 4.69) is 14.7 Å². The van der Waals surface area contributed by atoms with E-state index in [-0.39, 0.29) is 45.2 Å². The Hall–Kier alpha value is -2.18. The van der Waals surface area contributed by atoms with Crippen molar-refractivity contribution in [1.29, 1.82) is 0 Å². The van der Waals surface area contributed by atoms with Crippen molar-refractivity contribution >= 4 is 32.7 Å². The molecule has 2 fully saturated rings. The number of azide groups is 1. The van der Waals surface area contributed by atoms with Crippen LogP contribution in [0, 0.1) is 11.8 Å². The molecule has 45 heavy (non-hydrogen) atoms. The van der Waals surface area contributed by atoms with E-state index in [1.807, 2.05) is 76.2 Å². The molecule has 0 saturated carbocycles. The molecule has 0 amide bonds. The summed E-state index contributed by atoms with van der Waals surface area (Å²) in [5.41, 5.74) is 10.9. The van der Waals surface area contributed by atoms with Crippen molar-refractivity contribution in [3.8, 4) is 0 Å². The molecule has 2 aromatic carbocycles. The molecular weight excluding hydrogens is 617 g/mol. The molecule has 6 unspecified atom stereocenters. The molecule has 241 valence electrons. The van der Waals surface area contributed by atoms with Gasteiger partial charge in [-0.05, 0) is 0 Å². The first-order valence-electron chi connectivity index (χ1n) is 15.0. The molecule has 2 aliphatic rings. The van der Waals surface area contributed by atoms with Crippen LogP contribution in [-0.4, -0.2) is 77.5 Å². The number of hydrogen-bond donors (Lipinski definition) is 1. The average molecular weight is 657 g/mol. The predicted molar refractivity (Wildman–Crippen MR) is 172 cm³/mol. The Kier molecular flexibility index (Phi) is 13.6. The van der Waals surface area contributed by atoms with Gasteiger partial charge in [0.05, 0.1) is 0 Å². The Morgan fingerprint density at radius 1 is 0.956 bits per heavy atom. The van der Waals surface area contributed by atoms with E-state index in [4.69, 9.17) is 23.1 Å². The molecule has 1 radical (unpaired) electrons. The summed E-state index contributed by atoms with van der Waals surface area (Å²) >= 11 is 0. The zero-order valence-corrected chi connectivity index (χ0v) is 27.7. The van der Waals surface area contributed by atoms with E-state index in [1.54, 1.807) is 12.1 Å². The molecule has 4 rings (SSSR count). The number of nitrogens with zero attached hydrogens (tertiary/aromatic N) is 3. The summed E-state index contributed by atoms with van der Waals surface area (Å²) in [6.07, 6.45) is -3.34. The van der Waals surface area contributed by atoms with Crippen LogP contribution < -0.4 is 4.72 Å². The minimum absolute atomic E-state index is 0.0323. The number of benzene rings is 2. The van der Waals surface area contributed by atoms with Crippen molar-refractivity contribution < 1.29 is 36.3 Å². The van der Waals surface area contributed by atoms with Gasteiger partial charge in [-0.25, -0.2) is 0 Å². The normalized spacial score (nSPS) is 32.1. The van der Waals surface area contributed by atoms with Gasteiger partial charge in [0.25, 0.3) is 0 Å². The maximum atomic E-state index is 12.7. The summed E-state index contributed by atoms with van der Waals surface area (Å²) in [7, 11) is -3.46. The van der Waals surface area contributed by atoms with Crippen molar-refractivity contribution in [2.24, 2.45) is 17.0 Å². The Bertz CT molecular complexity index is 1380. The van der Waals surface area contributed by atoms with Gasteiger partial charge >= 0.3 is 232 Å². The molecule has 0 aromatic heterocycles. The molecule has 2 aromatic rings. The van der Waals surface area contributed by atoms with E-state index in [0.29, 0.717) is 13.6 Å². The van der Waals surface area contributed by atoms with E-state index >= 15 is 0 Å². The van der Waals surface area contributed by atoms with Gasteiger partial charge in [-0.1, -0.05) is 36.4 Å². The van der Waals surface area contributed by atoms with E-state index < -0.39 is 47.1 Å². The number of rotatable bonds is 15. The molecule has 11 atom stereocenters. The maximum absolute atomic E-state index is 12.7. The van der Waals surface area contributed by atoms with Crippen LogP contribution in [0.3, 0.4) is 0 Å². The Balaban J connectivity index is 1.53. The van der Waals surface area contributed by atoms with Crippen LogP contribution >= 0.6 is 8.46 Å². The van der Waals surface area contributed by atoms with Crippen molar-refractivity contribution in [1.82, 2.24) is 4.72 Å². The van der Waals surface area contributed by atoms with E-state index in [1.165, 1.54) is 6.89 Å². The van der Waals surface area contributed by atoms with E-state index in [0.717, 1.165) is 11.1 Å². The first-order chi connectivity index (χ1) is 21.6. The second kappa shape index (κ2) is 17.1. The molecule has 16 heteroatoms. The first kappa shape index (κ1) is 35.7. The molecule has 2 saturated heterocycles. The second-order valence-electron chi connectivity index (χ2n) is 11.4.